The summed E-state index contributed by atoms with van der Waals surface area (Å²) >= 11 is 0. The molecule has 4 aromatic rings. The molecule has 0 unspecified atom stereocenters. The van der Waals surface area contributed by atoms with E-state index in [-0.39, 0.29) is 0 Å². The minimum absolute atomic E-state index is 0.451. The Labute approximate surface area is 205 Å². The fourth-order valence-electron chi connectivity index (χ4n) is 5.15. The fourth-order valence-corrected chi connectivity index (χ4v) is 5.15. The summed E-state index contributed by atoms with van der Waals surface area (Å²) in [5, 5.41) is 3.73. The number of unbranched alkanes of at least 4 members (excludes halogenated alkanes) is 3. The first-order valence-corrected chi connectivity index (χ1v) is 12.8. The second kappa shape index (κ2) is 10.5. The quantitative estimate of drug-likeness (QED) is 0.256. The minimum Gasteiger partial charge on any atom is -0.353 e. The van der Waals surface area contributed by atoms with Gasteiger partial charge in [0, 0.05) is 17.8 Å². The van der Waals surface area contributed by atoms with E-state index in [1.54, 1.807) is 0 Å². The average Bonchev–Trinajstić information content (AvgIpc) is 3.15. The Morgan fingerprint density at radius 2 is 1.56 bits per heavy atom. The van der Waals surface area contributed by atoms with Crippen LogP contribution in [0.1, 0.15) is 74.6 Å². The number of hydrogen-bond donors (Lipinski definition) is 1. The van der Waals surface area contributed by atoms with E-state index in [2.05, 4.69) is 106 Å². The highest BCUT2D eigenvalue weighted by Crippen LogP contribution is 2.35. The summed E-state index contributed by atoms with van der Waals surface area (Å²) < 4.78 is 2.45. The van der Waals surface area contributed by atoms with Gasteiger partial charge in [0.15, 0.2) is 0 Å². The van der Waals surface area contributed by atoms with E-state index in [9.17, 15) is 0 Å². The SMILES string of the molecule is CCCCCCn1c(-c2c(C)cc(C)cc2C)nc2c(Nc3ccccc3C(C)C)cccc21. The Morgan fingerprint density at radius 3 is 2.26 bits per heavy atom. The Bertz CT molecular complexity index is 1260. The number of anilines is 2. The molecule has 4 rings (SSSR count). The summed E-state index contributed by atoms with van der Waals surface area (Å²) in [5.74, 6) is 1.54. The normalized spacial score (nSPS) is 11.5. The van der Waals surface area contributed by atoms with Crippen LogP contribution in [0, 0.1) is 20.8 Å². The Balaban J connectivity index is 1.86. The van der Waals surface area contributed by atoms with E-state index in [0.29, 0.717) is 5.92 Å². The predicted molar refractivity (Wildman–Crippen MR) is 147 cm³/mol. The van der Waals surface area contributed by atoms with E-state index in [4.69, 9.17) is 4.98 Å². The van der Waals surface area contributed by atoms with Crippen molar-refractivity contribution in [3.8, 4) is 11.4 Å². The minimum atomic E-state index is 0.451. The first kappa shape index (κ1) is 24.1. The zero-order valence-electron chi connectivity index (χ0n) is 21.7. The van der Waals surface area contributed by atoms with E-state index < -0.39 is 0 Å². The lowest BCUT2D eigenvalue weighted by molar-refractivity contribution is 0.594. The van der Waals surface area contributed by atoms with Crippen molar-refractivity contribution in [3.63, 3.8) is 0 Å². The van der Waals surface area contributed by atoms with Crippen molar-refractivity contribution in [2.24, 2.45) is 0 Å². The third-order valence-corrected chi connectivity index (χ3v) is 6.77. The molecule has 3 nitrogen and oxygen atoms in total. The van der Waals surface area contributed by atoms with E-state index in [1.165, 1.54) is 59.0 Å². The van der Waals surface area contributed by atoms with Crippen LogP contribution in [-0.2, 0) is 6.54 Å². The first-order chi connectivity index (χ1) is 16.4. The summed E-state index contributed by atoms with van der Waals surface area (Å²) in [5.41, 5.74) is 11.0. The van der Waals surface area contributed by atoms with Crippen LogP contribution in [0.5, 0.6) is 0 Å². The molecule has 1 N–H and O–H groups in total. The summed E-state index contributed by atoms with van der Waals surface area (Å²) in [4.78, 5) is 5.30. The van der Waals surface area contributed by atoms with Gasteiger partial charge in [-0.2, -0.15) is 0 Å². The molecule has 0 aliphatic rings. The Kier molecular flexibility index (Phi) is 7.41. The lowest BCUT2D eigenvalue weighted by Gasteiger charge is -2.15. The van der Waals surface area contributed by atoms with Crippen molar-refractivity contribution < 1.29 is 0 Å². The van der Waals surface area contributed by atoms with Gasteiger partial charge >= 0.3 is 0 Å². The van der Waals surface area contributed by atoms with Crippen LogP contribution < -0.4 is 5.32 Å². The molecule has 34 heavy (non-hydrogen) atoms. The van der Waals surface area contributed by atoms with Crippen molar-refractivity contribution in [2.45, 2.75) is 79.7 Å². The third kappa shape index (κ3) is 4.89. The smallest absolute Gasteiger partial charge is 0.141 e. The second-order valence-electron chi connectivity index (χ2n) is 9.96. The summed E-state index contributed by atoms with van der Waals surface area (Å²) in [6.07, 6.45) is 4.95. The van der Waals surface area contributed by atoms with Gasteiger partial charge in [-0.15, -0.1) is 0 Å². The third-order valence-electron chi connectivity index (χ3n) is 6.77. The molecule has 0 radical (unpaired) electrons. The van der Waals surface area contributed by atoms with Gasteiger partial charge in [0.25, 0.3) is 0 Å². The number of nitrogens with one attached hydrogen (secondary N) is 1. The molecule has 0 fully saturated rings. The van der Waals surface area contributed by atoms with Crippen molar-refractivity contribution in [2.75, 3.05) is 5.32 Å². The number of nitrogens with zero attached hydrogens (tertiary/aromatic N) is 2. The average molecular weight is 454 g/mol. The number of aromatic nitrogens is 2. The first-order valence-electron chi connectivity index (χ1n) is 12.8. The van der Waals surface area contributed by atoms with Crippen molar-refractivity contribution in [3.05, 3.63) is 76.9 Å². The van der Waals surface area contributed by atoms with Crippen molar-refractivity contribution in [1.29, 1.82) is 0 Å². The van der Waals surface area contributed by atoms with Crippen LogP contribution in [0.25, 0.3) is 22.4 Å². The van der Waals surface area contributed by atoms with Gasteiger partial charge in [-0.3, -0.25) is 0 Å². The molecule has 3 aromatic carbocycles. The molecule has 0 saturated carbocycles. The highest BCUT2D eigenvalue weighted by molar-refractivity contribution is 5.93. The van der Waals surface area contributed by atoms with Gasteiger partial charge in [0.05, 0.1) is 11.2 Å². The molecule has 0 spiro atoms. The van der Waals surface area contributed by atoms with Gasteiger partial charge in [0.2, 0.25) is 0 Å². The molecule has 0 bridgehead atoms. The molecule has 1 aromatic heterocycles. The highest BCUT2D eigenvalue weighted by atomic mass is 15.1. The maximum absolute atomic E-state index is 5.30. The number of aryl methyl sites for hydroxylation is 4. The van der Waals surface area contributed by atoms with Crippen molar-refractivity contribution in [1.82, 2.24) is 9.55 Å². The molecule has 0 aliphatic carbocycles. The molecule has 0 aliphatic heterocycles. The lowest BCUT2D eigenvalue weighted by atomic mass is 9.99. The standard InChI is InChI=1S/C31H39N3/c1-7-8-9-12-18-34-28-17-13-16-27(32-26-15-11-10-14-25(26)21(2)3)30(28)33-31(34)29-23(5)19-22(4)20-24(29)6/h10-11,13-17,19-21,32H,7-9,12,18H2,1-6H3. The molecular weight excluding hydrogens is 414 g/mol. The van der Waals surface area contributed by atoms with Gasteiger partial charge < -0.3 is 9.88 Å². The largest absolute Gasteiger partial charge is 0.353 e. The van der Waals surface area contributed by atoms with Gasteiger partial charge in [-0.25, -0.2) is 4.98 Å². The molecule has 0 saturated heterocycles. The van der Waals surface area contributed by atoms with Crippen LogP contribution in [0.15, 0.2) is 54.6 Å². The molecular formula is C31H39N3. The van der Waals surface area contributed by atoms with Crippen molar-refractivity contribution >= 4 is 22.4 Å². The number of fused-ring (bicyclic) bond motifs is 1. The maximum atomic E-state index is 5.30. The van der Waals surface area contributed by atoms with Crippen LogP contribution in [0.4, 0.5) is 11.4 Å². The summed E-state index contributed by atoms with van der Waals surface area (Å²) in [6.45, 7) is 14.4. The van der Waals surface area contributed by atoms with Gasteiger partial charge in [-0.05, 0) is 68.0 Å². The van der Waals surface area contributed by atoms with Crippen LogP contribution in [0.3, 0.4) is 0 Å². The monoisotopic (exact) mass is 453 g/mol. The topological polar surface area (TPSA) is 29.9 Å². The number of para-hydroxylation sites is 2. The maximum Gasteiger partial charge on any atom is 0.141 e. The molecule has 178 valence electrons. The number of hydrogen-bond acceptors (Lipinski definition) is 2. The van der Waals surface area contributed by atoms with Crippen LogP contribution in [-0.4, -0.2) is 9.55 Å². The van der Waals surface area contributed by atoms with Gasteiger partial charge in [0.1, 0.15) is 11.3 Å². The lowest BCUT2D eigenvalue weighted by Crippen LogP contribution is -2.03. The highest BCUT2D eigenvalue weighted by Gasteiger charge is 2.19. The Hall–Kier alpha value is -3.07. The van der Waals surface area contributed by atoms with E-state index in [1.807, 2.05) is 0 Å². The Morgan fingerprint density at radius 1 is 0.853 bits per heavy atom. The van der Waals surface area contributed by atoms with Crippen LogP contribution in [0.2, 0.25) is 0 Å². The zero-order chi connectivity index (χ0) is 24.2. The second-order valence-corrected chi connectivity index (χ2v) is 9.96. The van der Waals surface area contributed by atoms with Crippen LogP contribution >= 0.6 is 0 Å². The van der Waals surface area contributed by atoms with E-state index >= 15 is 0 Å². The number of rotatable bonds is 9. The number of imidazole rings is 1. The molecule has 1 heterocycles. The number of benzene rings is 3. The molecule has 3 heteroatoms. The summed E-state index contributed by atoms with van der Waals surface area (Å²) in [7, 11) is 0. The molecule has 0 atom stereocenters. The summed E-state index contributed by atoms with van der Waals surface area (Å²) in [6, 6.07) is 19.7. The van der Waals surface area contributed by atoms with E-state index in [0.717, 1.165) is 29.3 Å². The predicted octanol–water partition coefficient (Wildman–Crippen LogP) is 9.08. The zero-order valence-corrected chi connectivity index (χ0v) is 21.7. The fraction of sp³-hybridized carbons (Fsp3) is 0.387. The van der Waals surface area contributed by atoms with Gasteiger partial charge in [-0.1, -0.05) is 82.0 Å². The molecule has 0 amide bonds.